The molecule has 1 atom stereocenters. The molecule has 0 aliphatic carbocycles. The molecule has 7 heteroatoms. The number of hydrogen-bond donors (Lipinski definition) is 1. The van der Waals surface area contributed by atoms with Crippen LogP contribution < -0.4 is 0 Å². The first-order chi connectivity index (χ1) is 8.74. The molecule has 0 radical (unpaired) electrons. The molecule has 7 nitrogen and oxygen atoms in total. The summed E-state index contributed by atoms with van der Waals surface area (Å²) < 4.78 is 1.72. The molecule has 0 aliphatic rings. The van der Waals surface area contributed by atoms with Gasteiger partial charge in [-0.2, -0.15) is 9.90 Å². The van der Waals surface area contributed by atoms with Gasteiger partial charge in [0, 0.05) is 18.2 Å². The molecule has 1 N–H and O–H groups in total. The zero-order valence-corrected chi connectivity index (χ0v) is 9.80. The summed E-state index contributed by atoms with van der Waals surface area (Å²) in [5.41, 5.74) is 1.65. The van der Waals surface area contributed by atoms with E-state index in [-0.39, 0.29) is 0 Å². The summed E-state index contributed by atoms with van der Waals surface area (Å²) in [6, 6.07) is 5.71. The Bertz CT molecular complexity index is 673. The molecule has 0 aromatic carbocycles. The number of rotatable bonds is 3. The first-order valence-electron chi connectivity index (χ1n) is 5.57. The average Bonchev–Trinajstić information content (AvgIpc) is 2.95. The van der Waals surface area contributed by atoms with Gasteiger partial charge in [0.25, 0.3) is 0 Å². The third kappa shape index (κ3) is 1.84. The number of aryl methyl sites for hydroxylation is 1. The van der Waals surface area contributed by atoms with Crippen molar-refractivity contribution in [3.05, 3.63) is 42.0 Å². The van der Waals surface area contributed by atoms with Crippen molar-refractivity contribution in [1.29, 1.82) is 0 Å². The van der Waals surface area contributed by atoms with E-state index in [2.05, 4.69) is 20.5 Å². The fraction of sp³-hybridized carbons (Fsp3) is 0.273. The maximum atomic E-state index is 10.2. The van der Waals surface area contributed by atoms with Gasteiger partial charge in [-0.3, -0.25) is 0 Å². The molecular weight excluding hydrogens is 232 g/mol. The van der Waals surface area contributed by atoms with E-state index in [0.29, 0.717) is 12.2 Å². The Morgan fingerprint density at radius 2 is 2.28 bits per heavy atom. The van der Waals surface area contributed by atoms with Crippen molar-refractivity contribution < 1.29 is 5.11 Å². The van der Waals surface area contributed by atoms with E-state index in [1.54, 1.807) is 17.8 Å². The van der Waals surface area contributed by atoms with E-state index in [9.17, 15) is 5.11 Å². The number of tetrazole rings is 1. The van der Waals surface area contributed by atoms with Crippen molar-refractivity contribution >= 4 is 5.52 Å². The van der Waals surface area contributed by atoms with Gasteiger partial charge in [0.05, 0.1) is 24.9 Å². The second kappa shape index (κ2) is 4.19. The van der Waals surface area contributed by atoms with Crippen molar-refractivity contribution in [2.45, 2.75) is 12.5 Å². The highest BCUT2D eigenvalue weighted by Gasteiger charge is 2.16. The van der Waals surface area contributed by atoms with E-state index >= 15 is 0 Å². The third-order valence-corrected chi connectivity index (χ3v) is 2.74. The quantitative estimate of drug-likeness (QED) is 0.708. The molecule has 1 unspecified atom stereocenters. The molecule has 3 aromatic rings. The van der Waals surface area contributed by atoms with Gasteiger partial charge < -0.3 is 5.11 Å². The summed E-state index contributed by atoms with van der Waals surface area (Å²) in [5, 5.41) is 26.0. The maximum Gasteiger partial charge on any atom is 0.177 e. The van der Waals surface area contributed by atoms with Crippen LogP contribution in [0.4, 0.5) is 0 Å². The van der Waals surface area contributed by atoms with Crippen LogP contribution in [0.5, 0.6) is 0 Å². The van der Waals surface area contributed by atoms with Gasteiger partial charge in [-0.1, -0.05) is 6.07 Å². The summed E-state index contributed by atoms with van der Waals surface area (Å²) in [6.45, 7) is 0. The van der Waals surface area contributed by atoms with Gasteiger partial charge in [0.1, 0.15) is 0 Å². The van der Waals surface area contributed by atoms with Crippen LogP contribution in [0.1, 0.15) is 17.5 Å². The van der Waals surface area contributed by atoms with Gasteiger partial charge in [-0.05, 0) is 17.3 Å². The van der Waals surface area contributed by atoms with Crippen LogP contribution in [0.15, 0.2) is 30.6 Å². The van der Waals surface area contributed by atoms with Crippen molar-refractivity contribution in [3.8, 4) is 0 Å². The standard InChI is InChI=1S/C11H12N6O/c1-16-14-11(13-15-16)6-10(18)8-7-12-17-5-3-2-4-9(8)17/h2-5,7,10,18H,6H2,1H3. The summed E-state index contributed by atoms with van der Waals surface area (Å²) in [7, 11) is 1.69. The van der Waals surface area contributed by atoms with E-state index < -0.39 is 6.10 Å². The Morgan fingerprint density at radius 3 is 3.06 bits per heavy atom. The molecule has 18 heavy (non-hydrogen) atoms. The van der Waals surface area contributed by atoms with Crippen LogP contribution in [0.3, 0.4) is 0 Å². The Morgan fingerprint density at radius 1 is 1.39 bits per heavy atom. The SMILES string of the molecule is Cn1nnc(CC(O)c2cnn3ccccc23)n1. The highest BCUT2D eigenvalue weighted by atomic mass is 16.3. The first-order valence-corrected chi connectivity index (χ1v) is 5.57. The van der Waals surface area contributed by atoms with Crippen LogP contribution in [0, 0.1) is 0 Å². The molecule has 3 rings (SSSR count). The molecule has 92 valence electrons. The summed E-state index contributed by atoms with van der Waals surface area (Å²) in [5.74, 6) is 0.514. The number of nitrogens with zero attached hydrogens (tertiary/aromatic N) is 6. The lowest BCUT2D eigenvalue weighted by atomic mass is 10.1. The summed E-state index contributed by atoms with van der Waals surface area (Å²) in [6.07, 6.45) is 3.14. The van der Waals surface area contributed by atoms with Crippen molar-refractivity contribution in [2.75, 3.05) is 0 Å². The molecule has 0 aliphatic heterocycles. The number of aliphatic hydroxyl groups excluding tert-OH is 1. The summed E-state index contributed by atoms with van der Waals surface area (Å²) in [4.78, 5) is 1.37. The summed E-state index contributed by atoms with van der Waals surface area (Å²) >= 11 is 0. The third-order valence-electron chi connectivity index (χ3n) is 2.74. The molecular formula is C11H12N6O. The fourth-order valence-corrected chi connectivity index (χ4v) is 1.90. The minimum atomic E-state index is -0.686. The second-order valence-electron chi connectivity index (χ2n) is 4.05. The van der Waals surface area contributed by atoms with E-state index in [4.69, 9.17) is 0 Å². The smallest absolute Gasteiger partial charge is 0.177 e. The van der Waals surface area contributed by atoms with Gasteiger partial charge >= 0.3 is 0 Å². The highest BCUT2D eigenvalue weighted by molar-refractivity contribution is 5.54. The van der Waals surface area contributed by atoms with E-state index in [0.717, 1.165) is 11.1 Å². The number of aliphatic hydroxyl groups is 1. The van der Waals surface area contributed by atoms with Crippen molar-refractivity contribution in [2.24, 2.45) is 7.05 Å². The number of fused-ring (bicyclic) bond motifs is 1. The predicted molar refractivity (Wildman–Crippen MR) is 62.7 cm³/mol. The lowest BCUT2D eigenvalue weighted by Crippen LogP contribution is -2.03. The van der Waals surface area contributed by atoms with Crippen LogP contribution in [0.25, 0.3) is 5.52 Å². The lowest BCUT2D eigenvalue weighted by Gasteiger charge is -2.05. The minimum absolute atomic E-state index is 0.323. The molecule has 0 amide bonds. The molecule has 3 heterocycles. The van der Waals surface area contributed by atoms with Crippen LogP contribution in [-0.2, 0) is 13.5 Å². The van der Waals surface area contributed by atoms with E-state index in [1.807, 2.05) is 24.4 Å². The normalized spacial score (nSPS) is 13.0. The predicted octanol–water partition coefficient (Wildman–Crippen LogP) is 0.134. The Balaban J connectivity index is 1.90. The number of aromatic nitrogens is 6. The van der Waals surface area contributed by atoms with Crippen LogP contribution in [-0.4, -0.2) is 34.9 Å². The van der Waals surface area contributed by atoms with Gasteiger partial charge in [0.2, 0.25) is 0 Å². The topological polar surface area (TPSA) is 81.1 Å². The van der Waals surface area contributed by atoms with Crippen LogP contribution in [0.2, 0.25) is 0 Å². The van der Waals surface area contributed by atoms with Crippen molar-refractivity contribution in [3.63, 3.8) is 0 Å². The number of pyridine rings is 1. The van der Waals surface area contributed by atoms with Gasteiger partial charge in [0.15, 0.2) is 5.82 Å². The molecule has 3 aromatic heterocycles. The van der Waals surface area contributed by atoms with Crippen molar-refractivity contribution in [1.82, 2.24) is 29.8 Å². The number of hydrogen-bond acceptors (Lipinski definition) is 5. The van der Waals surface area contributed by atoms with Gasteiger partial charge in [-0.25, -0.2) is 4.52 Å². The monoisotopic (exact) mass is 244 g/mol. The van der Waals surface area contributed by atoms with Gasteiger partial charge in [-0.15, -0.1) is 10.2 Å². The average molecular weight is 244 g/mol. The second-order valence-corrected chi connectivity index (χ2v) is 4.05. The molecule has 0 saturated heterocycles. The lowest BCUT2D eigenvalue weighted by molar-refractivity contribution is 0.177. The zero-order valence-electron chi connectivity index (χ0n) is 9.80. The van der Waals surface area contributed by atoms with Crippen LogP contribution >= 0.6 is 0 Å². The fourth-order valence-electron chi connectivity index (χ4n) is 1.90. The Kier molecular flexibility index (Phi) is 2.52. The Labute approximate surface area is 103 Å². The Hall–Kier alpha value is -2.28. The zero-order chi connectivity index (χ0) is 12.5. The molecule has 0 fully saturated rings. The minimum Gasteiger partial charge on any atom is -0.388 e. The maximum absolute atomic E-state index is 10.2. The molecule has 0 spiro atoms. The molecule has 0 bridgehead atoms. The molecule has 0 saturated carbocycles. The first kappa shape index (κ1) is 10.8. The largest absolute Gasteiger partial charge is 0.388 e. The highest BCUT2D eigenvalue weighted by Crippen LogP contribution is 2.21. The van der Waals surface area contributed by atoms with E-state index in [1.165, 1.54) is 4.80 Å².